The standard InChI is InChI=1S/C14H18O2/c1-10-7-11(2)9-12(8-10)14(16)5-3-13(15)4-6-14/h7-9,16H,3-6H2,1-2H3. The van der Waals surface area contributed by atoms with Crippen LogP contribution in [0.2, 0.25) is 0 Å². The van der Waals surface area contributed by atoms with Crippen LogP contribution in [0.3, 0.4) is 0 Å². The minimum Gasteiger partial charge on any atom is -0.385 e. The van der Waals surface area contributed by atoms with Gasteiger partial charge in [0, 0.05) is 12.8 Å². The molecule has 0 aliphatic heterocycles. The molecule has 1 aliphatic rings. The van der Waals surface area contributed by atoms with Crippen molar-refractivity contribution in [2.75, 3.05) is 0 Å². The second-order valence-corrected chi connectivity index (χ2v) is 4.95. The lowest BCUT2D eigenvalue weighted by atomic mass is 9.78. The Bertz CT molecular complexity index is 390. The number of carbonyl (C=O) groups is 1. The Balaban J connectivity index is 2.32. The van der Waals surface area contributed by atoms with Crippen LogP contribution >= 0.6 is 0 Å². The number of benzene rings is 1. The number of hydrogen-bond donors (Lipinski definition) is 1. The Morgan fingerprint density at radius 3 is 2.06 bits per heavy atom. The summed E-state index contributed by atoms with van der Waals surface area (Å²) in [7, 11) is 0. The van der Waals surface area contributed by atoms with Gasteiger partial charge in [-0.1, -0.05) is 29.3 Å². The van der Waals surface area contributed by atoms with Crippen LogP contribution in [0.1, 0.15) is 42.4 Å². The number of hydrogen-bond acceptors (Lipinski definition) is 2. The number of ketones is 1. The molecule has 0 bridgehead atoms. The fourth-order valence-corrected chi connectivity index (χ4v) is 2.47. The molecule has 0 aromatic heterocycles. The van der Waals surface area contributed by atoms with Crippen LogP contribution < -0.4 is 0 Å². The van der Waals surface area contributed by atoms with Crippen LogP contribution in [-0.4, -0.2) is 10.9 Å². The van der Waals surface area contributed by atoms with Crippen molar-refractivity contribution in [3.63, 3.8) is 0 Å². The molecule has 1 saturated carbocycles. The predicted octanol–water partition coefficient (Wildman–Crippen LogP) is 2.63. The summed E-state index contributed by atoms with van der Waals surface area (Å²) in [5, 5.41) is 10.6. The zero-order chi connectivity index (χ0) is 11.8. The third-order valence-corrected chi connectivity index (χ3v) is 3.39. The minimum absolute atomic E-state index is 0.272. The van der Waals surface area contributed by atoms with Crippen molar-refractivity contribution in [1.82, 2.24) is 0 Å². The Morgan fingerprint density at radius 2 is 1.56 bits per heavy atom. The molecule has 2 heteroatoms. The third kappa shape index (κ3) is 2.17. The molecule has 1 N–H and O–H groups in total. The second kappa shape index (κ2) is 4.02. The molecule has 0 atom stereocenters. The normalized spacial score (nSPS) is 19.8. The maximum atomic E-state index is 11.2. The van der Waals surface area contributed by atoms with Crippen molar-refractivity contribution in [2.24, 2.45) is 0 Å². The third-order valence-electron chi connectivity index (χ3n) is 3.39. The van der Waals surface area contributed by atoms with Gasteiger partial charge in [-0.2, -0.15) is 0 Å². The number of carbonyl (C=O) groups excluding carboxylic acids is 1. The summed E-state index contributed by atoms with van der Waals surface area (Å²) in [6.45, 7) is 4.07. The van der Waals surface area contributed by atoms with E-state index < -0.39 is 5.60 Å². The first-order valence-corrected chi connectivity index (χ1v) is 5.82. The molecule has 0 heterocycles. The summed E-state index contributed by atoms with van der Waals surface area (Å²) < 4.78 is 0. The zero-order valence-corrected chi connectivity index (χ0v) is 9.92. The summed E-state index contributed by atoms with van der Waals surface area (Å²) in [5.41, 5.74) is 2.52. The van der Waals surface area contributed by atoms with Crippen LogP contribution in [0.15, 0.2) is 18.2 Å². The molecular formula is C14H18O2. The van der Waals surface area contributed by atoms with E-state index in [0.29, 0.717) is 25.7 Å². The highest BCUT2D eigenvalue weighted by Gasteiger charge is 2.34. The van der Waals surface area contributed by atoms with E-state index in [1.54, 1.807) is 0 Å². The number of Topliss-reactive ketones (excluding diaryl/α,β-unsaturated/α-hetero) is 1. The Hall–Kier alpha value is -1.15. The van der Waals surface area contributed by atoms with E-state index in [9.17, 15) is 9.90 Å². The molecule has 0 spiro atoms. The van der Waals surface area contributed by atoms with Crippen LogP contribution in [0.25, 0.3) is 0 Å². The van der Waals surface area contributed by atoms with Gasteiger partial charge in [0.1, 0.15) is 5.78 Å². The molecule has 2 nitrogen and oxygen atoms in total. The van der Waals surface area contributed by atoms with Gasteiger partial charge in [-0.05, 0) is 32.3 Å². The first kappa shape index (κ1) is 11.3. The van der Waals surface area contributed by atoms with Gasteiger partial charge in [0.15, 0.2) is 0 Å². The van der Waals surface area contributed by atoms with Crippen LogP contribution in [0.5, 0.6) is 0 Å². The van der Waals surface area contributed by atoms with Gasteiger partial charge < -0.3 is 5.11 Å². The first-order chi connectivity index (χ1) is 7.49. The van der Waals surface area contributed by atoms with Crippen molar-refractivity contribution < 1.29 is 9.90 Å². The largest absolute Gasteiger partial charge is 0.385 e. The molecule has 16 heavy (non-hydrogen) atoms. The summed E-state index contributed by atoms with van der Waals surface area (Å²) >= 11 is 0. The number of aryl methyl sites for hydroxylation is 2. The topological polar surface area (TPSA) is 37.3 Å². The van der Waals surface area contributed by atoms with E-state index in [0.717, 1.165) is 5.56 Å². The molecule has 0 saturated heterocycles. The highest BCUT2D eigenvalue weighted by atomic mass is 16.3. The summed E-state index contributed by atoms with van der Waals surface area (Å²) in [6.07, 6.45) is 2.14. The van der Waals surface area contributed by atoms with Crippen LogP contribution in [0.4, 0.5) is 0 Å². The highest BCUT2D eigenvalue weighted by Crippen LogP contribution is 2.36. The van der Waals surface area contributed by atoms with Gasteiger partial charge >= 0.3 is 0 Å². The van der Waals surface area contributed by atoms with Crippen molar-refractivity contribution in [1.29, 1.82) is 0 Å². The summed E-state index contributed by atoms with van der Waals surface area (Å²) in [4.78, 5) is 11.2. The molecule has 1 aromatic rings. The van der Waals surface area contributed by atoms with E-state index in [1.807, 2.05) is 26.0 Å². The van der Waals surface area contributed by atoms with Crippen molar-refractivity contribution in [3.05, 3.63) is 34.9 Å². The molecule has 86 valence electrons. The summed E-state index contributed by atoms with van der Waals surface area (Å²) in [5.74, 6) is 0.272. The molecule has 0 amide bonds. The fraction of sp³-hybridized carbons (Fsp3) is 0.500. The molecule has 1 aromatic carbocycles. The lowest BCUT2D eigenvalue weighted by Gasteiger charge is -2.32. The molecule has 2 rings (SSSR count). The van der Waals surface area contributed by atoms with E-state index in [1.165, 1.54) is 11.1 Å². The first-order valence-electron chi connectivity index (χ1n) is 5.82. The Labute approximate surface area is 96.3 Å². The lowest BCUT2D eigenvalue weighted by molar-refractivity contribution is -0.125. The van der Waals surface area contributed by atoms with Crippen molar-refractivity contribution in [2.45, 2.75) is 45.1 Å². The van der Waals surface area contributed by atoms with Gasteiger partial charge in [-0.3, -0.25) is 4.79 Å². The number of aliphatic hydroxyl groups is 1. The monoisotopic (exact) mass is 218 g/mol. The Kier molecular flexibility index (Phi) is 2.85. The lowest BCUT2D eigenvalue weighted by Crippen LogP contribution is -2.31. The van der Waals surface area contributed by atoms with Gasteiger partial charge in [0.05, 0.1) is 5.60 Å². The summed E-state index contributed by atoms with van der Waals surface area (Å²) in [6, 6.07) is 6.16. The molecular weight excluding hydrogens is 200 g/mol. The predicted molar refractivity (Wildman–Crippen MR) is 63.3 cm³/mol. The van der Waals surface area contributed by atoms with Crippen molar-refractivity contribution >= 4 is 5.78 Å². The van der Waals surface area contributed by atoms with E-state index in [-0.39, 0.29) is 5.78 Å². The molecule has 0 unspecified atom stereocenters. The van der Waals surface area contributed by atoms with Crippen molar-refractivity contribution in [3.8, 4) is 0 Å². The Morgan fingerprint density at radius 1 is 1.06 bits per heavy atom. The van der Waals surface area contributed by atoms with Gasteiger partial charge in [0.25, 0.3) is 0 Å². The van der Waals surface area contributed by atoms with Crippen LogP contribution in [0, 0.1) is 13.8 Å². The quantitative estimate of drug-likeness (QED) is 0.786. The second-order valence-electron chi connectivity index (χ2n) is 4.95. The van der Waals surface area contributed by atoms with E-state index in [4.69, 9.17) is 0 Å². The highest BCUT2D eigenvalue weighted by molar-refractivity contribution is 5.79. The maximum absolute atomic E-state index is 11.2. The SMILES string of the molecule is Cc1cc(C)cc(C2(O)CCC(=O)CC2)c1. The average Bonchev–Trinajstić information content (AvgIpc) is 2.21. The molecule has 1 fully saturated rings. The minimum atomic E-state index is -0.787. The average molecular weight is 218 g/mol. The smallest absolute Gasteiger partial charge is 0.133 e. The van der Waals surface area contributed by atoms with E-state index >= 15 is 0 Å². The molecule has 0 radical (unpaired) electrons. The fourth-order valence-electron chi connectivity index (χ4n) is 2.47. The van der Waals surface area contributed by atoms with Gasteiger partial charge in [0.2, 0.25) is 0 Å². The van der Waals surface area contributed by atoms with Gasteiger partial charge in [-0.25, -0.2) is 0 Å². The van der Waals surface area contributed by atoms with Crippen LogP contribution in [-0.2, 0) is 10.4 Å². The van der Waals surface area contributed by atoms with E-state index in [2.05, 4.69) is 6.07 Å². The number of rotatable bonds is 1. The zero-order valence-electron chi connectivity index (χ0n) is 9.92. The molecule has 1 aliphatic carbocycles. The van der Waals surface area contributed by atoms with Gasteiger partial charge in [-0.15, -0.1) is 0 Å². The maximum Gasteiger partial charge on any atom is 0.133 e.